The highest BCUT2D eigenvalue weighted by Gasteiger charge is 2.30. The lowest BCUT2D eigenvalue weighted by atomic mass is 10.2. The molecule has 0 spiro atoms. The normalized spacial score (nSPS) is 24.9. The predicted molar refractivity (Wildman–Crippen MR) is 70.7 cm³/mol. The lowest BCUT2D eigenvalue weighted by Gasteiger charge is -2.31. The second-order valence-corrected chi connectivity index (χ2v) is 6.40. The predicted octanol–water partition coefficient (Wildman–Crippen LogP) is 0.434. The first kappa shape index (κ1) is 15.2. The molecule has 0 aliphatic carbocycles. The minimum Gasteiger partial charge on any atom is -0.314 e. The number of hydrogen-bond donors (Lipinski definition) is 1. The fourth-order valence-corrected chi connectivity index (χ4v) is 4.00. The van der Waals surface area contributed by atoms with Gasteiger partial charge in [-0.25, -0.2) is 0 Å². The van der Waals surface area contributed by atoms with Gasteiger partial charge in [-0.2, -0.15) is 17.0 Å². The maximum Gasteiger partial charge on any atom is 0.282 e. The molecule has 1 N–H and O–H groups in total. The van der Waals surface area contributed by atoms with Gasteiger partial charge in [-0.05, 0) is 12.8 Å². The fourth-order valence-electron chi connectivity index (χ4n) is 2.31. The number of halogens is 1. The highest BCUT2D eigenvalue weighted by atomic mass is 35.5. The van der Waals surface area contributed by atoms with Crippen LogP contribution in [0.25, 0.3) is 0 Å². The number of rotatable bonds is 2. The van der Waals surface area contributed by atoms with Crippen LogP contribution in [0, 0.1) is 0 Å². The summed E-state index contributed by atoms with van der Waals surface area (Å²) in [5.74, 6) is 0. The first-order chi connectivity index (χ1) is 7.71. The van der Waals surface area contributed by atoms with E-state index in [1.54, 1.807) is 8.61 Å². The van der Waals surface area contributed by atoms with Crippen molar-refractivity contribution < 1.29 is 8.42 Å². The number of nitrogens with one attached hydrogen (secondary N) is 1. The van der Waals surface area contributed by atoms with E-state index in [2.05, 4.69) is 5.32 Å². The van der Waals surface area contributed by atoms with Crippen LogP contribution in [0.5, 0.6) is 0 Å². The third-order valence-corrected chi connectivity index (χ3v) is 5.33. The van der Waals surface area contributed by atoms with Crippen molar-refractivity contribution in [3.8, 4) is 0 Å². The van der Waals surface area contributed by atoms with Gasteiger partial charge in [0.15, 0.2) is 0 Å². The molecule has 0 aromatic rings. The first-order valence-electron chi connectivity index (χ1n) is 6.17. The third-order valence-electron chi connectivity index (χ3n) is 3.29. The minimum absolute atomic E-state index is 0. The Hall–Kier alpha value is 0.120. The highest BCUT2D eigenvalue weighted by Crippen LogP contribution is 2.16. The van der Waals surface area contributed by atoms with Crippen molar-refractivity contribution >= 4 is 22.6 Å². The summed E-state index contributed by atoms with van der Waals surface area (Å²) in [6, 6.07) is 0. The van der Waals surface area contributed by atoms with Gasteiger partial charge in [-0.15, -0.1) is 12.4 Å². The number of nitrogens with zero attached hydrogens (tertiary/aromatic N) is 2. The van der Waals surface area contributed by atoms with Gasteiger partial charge in [-0.3, -0.25) is 0 Å². The van der Waals surface area contributed by atoms with E-state index in [-0.39, 0.29) is 12.4 Å². The maximum absolute atomic E-state index is 12.3. The first-order valence-corrected chi connectivity index (χ1v) is 7.57. The topological polar surface area (TPSA) is 52.7 Å². The Morgan fingerprint density at radius 1 is 0.765 bits per heavy atom. The SMILES string of the molecule is Cl.O=S(=O)(N1CCCCCC1)N1CCNCC1. The van der Waals surface area contributed by atoms with E-state index in [1.165, 1.54) is 0 Å². The summed E-state index contributed by atoms with van der Waals surface area (Å²) in [6.07, 6.45) is 4.33. The van der Waals surface area contributed by atoms with Gasteiger partial charge in [-0.1, -0.05) is 12.8 Å². The van der Waals surface area contributed by atoms with Crippen molar-refractivity contribution in [1.29, 1.82) is 0 Å². The van der Waals surface area contributed by atoms with Crippen LogP contribution >= 0.6 is 12.4 Å². The summed E-state index contributed by atoms with van der Waals surface area (Å²) in [6.45, 7) is 4.16. The average Bonchev–Trinajstić information content (AvgIpc) is 2.59. The number of piperazine rings is 1. The van der Waals surface area contributed by atoms with Gasteiger partial charge in [0.2, 0.25) is 0 Å². The maximum atomic E-state index is 12.3. The van der Waals surface area contributed by atoms with E-state index in [9.17, 15) is 8.42 Å². The molecule has 7 heteroatoms. The van der Waals surface area contributed by atoms with Gasteiger partial charge in [0.1, 0.15) is 0 Å². The van der Waals surface area contributed by atoms with Crippen LogP contribution in [-0.2, 0) is 10.2 Å². The van der Waals surface area contributed by atoms with Gasteiger partial charge in [0.05, 0.1) is 0 Å². The monoisotopic (exact) mass is 283 g/mol. The molecular weight excluding hydrogens is 262 g/mol. The molecule has 0 aromatic heterocycles. The molecule has 17 heavy (non-hydrogen) atoms. The van der Waals surface area contributed by atoms with Crippen LogP contribution < -0.4 is 5.32 Å². The smallest absolute Gasteiger partial charge is 0.282 e. The molecule has 0 bridgehead atoms. The van der Waals surface area contributed by atoms with E-state index in [0.29, 0.717) is 26.2 Å². The quantitative estimate of drug-likeness (QED) is 0.800. The molecule has 0 radical (unpaired) electrons. The Morgan fingerprint density at radius 2 is 1.24 bits per heavy atom. The molecule has 0 unspecified atom stereocenters. The standard InChI is InChI=1S/C10H21N3O2S.ClH/c14-16(15,13-9-5-11-6-10-13)12-7-3-1-2-4-8-12;/h11H,1-10H2;1H. The molecule has 2 fully saturated rings. The molecule has 0 aromatic carbocycles. The average molecular weight is 284 g/mol. The van der Waals surface area contributed by atoms with Gasteiger partial charge >= 0.3 is 0 Å². The van der Waals surface area contributed by atoms with Crippen LogP contribution in [0.2, 0.25) is 0 Å². The lowest BCUT2D eigenvalue weighted by molar-refractivity contribution is 0.314. The molecule has 2 aliphatic heterocycles. The molecule has 2 rings (SSSR count). The summed E-state index contributed by atoms with van der Waals surface area (Å²) in [7, 11) is -3.18. The third kappa shape index (κ3) is 3.79. The Kier molecular flexibility index (Phi) is 6.16. The Morgan fingerprint density at radius 3 is 1.76 bits per heavy atom. The zero-order chi connectivity index (χ0) is 11.4. The molecule has 0 saturated carbocycles. The molecule has 0 amide bonds. The van der Waals surface area contributed by atoms with Crippen molar-refractivity contribution in [3.63, 3.8) is 0 Å². The van der Waals surface area contributed by atoms with Crippen LogP contribution in [0.3, 0.4) is 0 Å². The molecular formula is C10H22ClN3O2S. The van der Waals surface area contributed by atoms with Crippen molar-refractivity contribution in [2.45, 2.75) is 25.7 Å². The summed E-state index contributed by atoms with van der Waals surface area (Å²) >= 11 is 0. The van der Waals surface area contributed by atoms with Gasteiger partial charge in [0, 0.05) is 39.3 Å². The van der Waals surface area contributed by atoms with E-state index in [0.717, 1.165) is 38.8 Å². The Labute approximate surface area is 110 Å². The fraction of sp³-hybridized carbons (Fsp3) is 1.00. The summed E-state index contributed by atoms with van der Waals surface area (Å²) < 4.78 is 27.9. The van der Waals surface area contributed by atoms with Crippen LogP contribution in [0.15, 0.2) is 0 Å². The Balaban J connectivity index is 0.00000144. The summed E-state index contributed by atoms with van der Waals surface area (Å²) in [4.78, 5) is 0. The van der Waals surface area contributed by atoms with E-state index < -0.39 is 10.2 Å². The largest absolute Gasteiger partial charge is 0.314 e. The molecule has 5 nitrogen and oxygen atoms in total. The molecule has 102 valence electrons. The molecule has 2 saturated heterocycles. The van der Waals surface area contributed by atoms with E-state index in [1.807, 2.05) is 0 Å². The van der Waals surface area contributed by atoms with Gasteiger partial charge < -0.3 is 5.32 Å². The minimum atomic E-state index is -3.18. The zero-order valence-electron chi connectivity index (χ0n) is 10.1. The lowest BCUT2D eigenvalue weighted by Crippen LogP contribution is -2.51. The zero-order valence-corrected chi connectivity index (χ0v) is 11.7. The Bertz CT molecular complexity index is 310. The van der Waals surface area contributed by atoms with Crippen molar-refractivity contribution in [2.75, 3.05) is 39.3 Å². The van der Waals surface area contributed by atoms with Crippen LogP contribution in [-0.4, -0.2) is 56.3 Å². The van der Waals surface area contributed by atoms with Crippen LogP contribution in [0.4, 0.5) is 0 Å². The summed E-state index contributed by atoms with van der Waals surface area (Å²) in [5.41, 5.74) is 0. The second-order valence-electron chi connectivity index (χ2n) is 4.47. The van der Waals surface area contributed by atoms with Crippen molar-refractivity contribution in [1.82, 2.24) is 13.9 Å². The van der Waals surface area contributed by atoms with E-state index in [4.69, 9.17) is 0 Å². The van der Waals surface area contributed by atoms with E-state index >= 15 is 0 Å². The van der Waals surface area contributed by atoms with Crippen molar-refractivity contribution in [2.24, 2.45) is 0 Å². The second kappa shape index (κ2) is 6.89. The molecule has 2 aliphatic rings. The highest BCUT2D eigenvalue weighted by molar-refractivity contribution is 7.86. The van der Waals surface area contributed by atoms with Crippen LogP contribution in [0.1, 0.15) is 25.7 Å². The number of hydrogen-bond acceptors (Lipinski definition) is 3. The summed E-state index contributed by atoms with van der Waals surface area (Å²) in [5, 5.41) is 3.18. The molecule has 2 heterocycles. The van der Waals surface area contributed by atoms with Crippen molar-refractivity contribution in [3.05, 3.63) is 0 Å². The molecule has 0 atom stereocenters. The van der Waals surface area contributed by atoms with Gasteiger partial charge in [0.25, 0.3) is 10.2 Å².